The maximum atomic E-state index is 12.8. The van der Waals surface area contributed by atoms with Crippen LogP contribution in [0, 0.1) is 0 Å². The van der Waals surface area contributed by atoms with Gasteiger partial charge in [0.1, 0.15) is 11.7 Å². The fraction of sp³-hybridized carbons (Fsp3) is 0.111. The molecule has 4 aromatic rings. The van der Waals surface area contributed by atoms with Crippen molar-refractivity contribution < 1.29 is 18.8 Å². The molecule has 29 heavy (non-hydrogen) atoms. The summed E-state index contributed by atoms with van der Waals surface area (Å²) in [6.45, 7) is 0. The number of aromatic amines is 1. The maximum Gasteiger partial charge on any atom is 0.287 e. The van der Waals surface area contributed by atoms with E-state index in [1.807, 2.05) is 0 Å². The molecule has 2 amide bonds. The smallest absolute Gasteiger partial charge is 0.287 e. The Labute approximate surface area is 167 Å². The van der Waals surface area contributed by atoms with Gasteiger partial charge in [0.2, 0.25) is 11.5 Å². The van der Waals surface area contributed by atoms with E-state index in [9.17, 15) is 14.4 Å². The van der Waals surface area contributed by atoms with Crippen LogP contribution in [-0.2, 0) is 16.0 Å². The number of amides is 2. The Balaban J connectivity index is 1.61. The summed E-state index contributed by atoms with van der Waals surface area (Å²) >= 11 is 0.845. The van der Waals surface area contributed by atoms with E-state index >= 15 is 0 Å². The maximum absolute atomic E-state index is 12.8. The van der Waals surface area contributed by atoms with Crippen LogP contribution >= 0.6 is 11.7 Å². The molecule has 0 saturated heterocycles. The monoisotopic (exact) mass is 410 g/mol. The number of primary amides is 1. The molecule has 4 N–H and O–H groups in total. The van der Waals surface area contributed by atoms with Gasteiger partial charge < -0.3 is 20.5 Å². The fourth-order valence-electron chi connectivity index (χ4n) is 2.91. The van der Waals surface area contributed by atoms with Gasteiger partial charge in [-0.25, -0.2) is 0 Å². The molecule has 0 aliphatic heterocycles. The Kier molecular flexibility index (Phi) is 4.87. The molecule has 4 heterocycles. The van der Waals surface area contributed by atoms with E-state index in [4.69, 9.17) is 10.2 Å². The van der Waals surface area contributed by atoms with Gasteiger partial charge in [-0.3, -0.25) is 19.4 Å². The van der Waals surface area contributed by atoms with Gasteiger partial charge in [-0.15, -0.1) is 0 Å². The van der Waals surface area contributed by atoms with Crippen LogP contribution in [0.15, 0.2) is 47.3 Å². The second kappa shape index (κ2) is 7.64. The number of H-pyrrole nitrogens is 1. The van der Waals surface area contributed by atoms with E-state index in [1.54, 1.807) is 36.7 Å². The number of carbonyl (C=O) groups excluding carboxylic acids is 3. The Morgan fingerprint density at radius 1 is 1.24 bits per heavy atom. The van der Waals surface area contributed by atoms with Gasteiger partial charge in [0.05, 0.1) is 23.7 Å². The van der Waals surface area contributed by atoms with Crippen LogP contribution in [0.2, 0.25) is 0 Å². The normalized spacial score (nSPS) is 12.0. The fourth-order valence-corrected chi connectivity index (χ4v) is 3.46. The highest BCUT2D eigenvalue weighted by Crippen LogP contribution is 2.22. The standard InChI is InChI=1S/C18H14N6O4S/c19-16(26)15(25)12(7-9-8-21-18-10(9)4-6-28-18)22-17(27)14-13(23-29-24-14)11-3-1-2-5-20-11/h1-6,8,12,21H,7H2,(H2,19,26)(H,22,27). The second-order valence-electron chi connectivity index (χ2n) is 6.11. The molecular weight excluding hydrogens is 396 g/mol. The van der Waals surface area contributed by atoms with Crippen molar-refractivity contribution in [3.8, 4) is 11.4 Å². The molecule has 0 radical (unpaired) electrons. The Morgan fingerprint density at radius 2 is 2.10 bits per heavy atom. The number of pyridine rings is 1. The number of nitrogens with one attached hydrogen (secondary N) is 2. The van der Waals surface area contributed by atoms with Crippen molar-refractivity contribution in [3.05, 3.63) is 54.2 Å². The molecule has 1 atom stereocenters. The van der Waals surface area contributed by atoms with Crippen LogP contribution in [0.5, 0.6) is 0 Å². The third-order valence-electron chi connectivity index (χ3n) is 4.29. The molecular formula is C18H14N6O4S. The van der Waals surface area contributed by atoms with E-state index < -0.39 is 23.6 Å². The lowest BCUT2D eigenvalue weighted by Gasteiger charge is -2.15. The van der Waals surface area contributed by atoms with Crippen molar-refractivity contribution in [2.75, 3.05) is 0 Å². The summed E-state index contributed by atoms with van der Waals surface area (Å²) in [5.74, 6) is -2.72. The third-order valence-corrected chi connectivity index (χ3v) is 4.82. The van der Waals surface area contributed by atoms with Crippen LogP contribution in [0.3, 0.4) is 0 Å². The number of nitrogens with zero attached hydrogens (tertiary/aromatic N) is 3. The minimum atomic E-state index is -1.17. The molecule has 1 unspecified atom stereocenters. The van der Waals surface area contributed by atoms with Gasteiger partial charge in [-0.2, -0.15) is 8.75 Å². The first-order valence-electron chi connectivity index (χ1n) is 8.46. The predicted molar refractivity (Wildman–Crippen MR) is 103 cm³/mol. The zero-order chi connectivity index (χ0) is 20.4. The average molecular weight is 410 g/mol. The van der Waals surface area contributed by atoms with Crippen LogP contribution in [0.25, 0.3) is 22.5 Å². The number of furan rings is 1. The molecule has 11 heteroatoms. The number of nitrogens with two attached hydrogens (primary N) is 1. The molecule has 0 fully saturated rings. The van der Waals surface area contributed by atoms with Crippen molar-refractivity contribution in [2.24, 2.45) is 5.73 Å². The lowest BCUT2D eigenvalue weighted by Crippen LogP contribution is -2.47. The van der Waals surface area contributed by atoms with E-state index in [2.05, 4.69) is 24.0 Å². The summed E-state index contributed by atoms with van der Waals surface area (Å²) in [6.07, 6.45) is 4.75. The molecule has 0 saturated carbocycles. The van der Waals surface area contributed by atoms with E-state index in [-0.39, 0.29) is 17.8 Å². The van der Waals surface area contributed by atoms with Crippen LogP contribution in [0.1, 0.15) is 16.1 Å². The largest absolute Gasteiger partial charge is 0.448 e. The molecule has 0 spiro atoms. The number of fused-ring (bicyclic) bond motifs is 1. The zero-order valence-electron chi connectivity index (χ0n) is 14.8. The number of carbonyl (C=O) groups is 3. The predicted octanol–water partition coefficient (Wildman–Crippen LogP) is 1.07. The minimum Gasteiger partial charge on any atom is -0.448 e. The summed E-state index contributed by atoms with van der Waals surface area (Å²) in [5.41, 5.74) is 7.16. The summed E-state index contributed by atoms with van der Waals surface area (Å²) in [7, 11) is 0. The number of rotatable bonds is 7. The molecule has 10 nitrogen and oxygen atoms in total. The minimum absolute atomic E-state index is 0.0125. The van der Waals surface area contributed by atoms with Gasteiger partial charge in [0.25, 0.3) is 11.8 Å². The van der Waals surface area contributed by atoms with Gasteiger partial charge in [-0.1, -0.05) is 6.07 Å². The van der Waals surface area contributed by atoms with E-state index in [0.717, 1.165) is 17.1 Å². The quantitative estimate of drug-likeness (QED) is 0.385. The summed E-state index contributed by atoms with van der Waals surface area (Å²) in [5, 5.41) is 3.29. The van der Waals surface area contributed by atoms with Gasteiger partial charge in [0.15, 0.2) is 5.69 Å². The number of Topliss-reactive ketones (excluding diaryl/α,β-unsaturated/α-hetero) is 1. The average Bonchev–Trinajstić information content (AvgIpc) is 3.45. The Hall–Kier alpha value is -3.86. The van der Waals surface area contributed by atoms with Crippen molar-refractivity contribution >= 4 is 40.4 Å². The molecule has 4 aromatic heterocycles. The molecule has 0 aliphatic carbocycles. The van der Waals surface area contributed by atoms with Crippen LogP contribution in [0.4, 0.5) is 0 Å². The Morgan fingerprint density at radius 3 is 2.86 bits per heavy atom. The van der Waals surface area contributed by atoms with Crippen LogP contribution < -0.4 is 11.1 Å². The molecule has 4 rings (SSSR count). The molecule has 146 valence electrons. The lowest BCUT2D eigenvalue weighted by molar-refractivity contribution is -0.137. The number of hydrogen-bond acceptors (Lipinski definition) is 8. The highest BCUT2D eigenvalue weighted by atomic mass is 32.1. The van der Waals surface area contributed by atoms with Gasteiger partial charge in [0, 0.05) is 24.2 Å². The van der Waals surface area contributed by atoms with E-state index in [1.165, 1.54) is 6.26 Å². The number of ketones is 1. The lowest BCUT2D eigenvalue weighted by atomic mass is 10.0. The van der Waals surface area contributed by atoms with E-state index in [0.29, 0.717) is 17.0 Å². The van der Waals surface area contributed by atoms with Gasteiger partial charge >= 0.3 is 0 Å². The van der Waals surface area contributed by atoms with Crippen LogP contribution in [-0.4, -0.2) is 42.4 Å². The zero-order valence-corrected chi connectivity index (χ0v) is 15.6. The number of hydrogen-bond donors (Lipinski definition) is 3. The molecule has 0 aliphatic rings. The summed E-state index contributed by atoms with van der Waals surface area (Å²) in [4.78, 5) is 43.7. The van der Waals surface area contributed by atoms with Crippen molar-refractivity contribution in [3.63, 3.8) is 0 Å². The van der Waals surface area contributed by atoms with Crippen molar-refractivity contribution in [1.82, 2.24) is 24.0 Å². The Bertz CT molecular complexity index is 1200. The summed E-state index contributed by atoms with van der Waals surface area (Å²) < 4.78 is 13.4. The highest BCUT2D eigenvalue weighted by molar-refractivity contribution is 6.99. The first kappa shape index (κ1) is 18.5. The molecule has 0 bridgehead atoms. The third kappa shape index (κ3) is 3.62. The van der Waals surface area contributed by atoms with Crippen molar-refractivity contribution in [2.45, 2.75) is 12.5 Å². The molecule has 0 aromatic carbocycles. The highest BCUT2D eigenvalue weighted by Gasteiger charge is 2.29. The second-order valence-corrected chi connectivity index (χ2v) is 6.64. The SMILES string of the molecule is NC(=O)C(=O)C(Cc1c[nH]c2occc12)NC(=O)c1nsnc1-c1ccccn1. The van der Waals surface area contributed by atoms with Gasteiger partial charge in [-0.05, 0) is 23.8 Å². The summed E-state index contributed by atoms with van der Waals surface area (Å²) in [6, 6.07) is 5.73. The first-order chi connectivity index (χ1) is 14.0. The van der Waals surface area contributed by atoms with Crippen molar-refractivity contribution in [1.29, 1.82) is 0 Å². The number of aromatic nitrogens is 4. The topological polar surface area (TPSA) is 157 Å². The first-order valence-corrected chi connectivity index (χ1v) is 9.19.